The molecule has 6 heteroatoms. The Balaban J connectivity index is 3.10. The molecule has 1 rings (SSSR count). The molecular weight excluding hydrogens is 256 g/mol. The van der Waals surface area contributed by atoms with E-state index in [-0.39, 0.29) is 18.6 Å². The van der Waals surface area contributed by atoms with Gasteiger partial charge in [-0.05, 0) is 13.8 Å². The predicted octanol–water partition coefficient (Wildman–Crippen LogP) is 1.28. The van der Waals surface area contributed by atoms with Crippen molar-refractivity contribution in [3.8, 4) is 0 Å². The van der Waals surface area contributed by atoms with Crippen LogP contribution in [0.15, 0.2) is 0 Å². The summed E-state index contributed by atoms with van der Waals surface area (Å²) in [4.78, 5) is 9.10. The second-order valence-electron chi connectivity index (χ2n) is 5.87. The summed E-state index contributed by atoms with van der Waals surface area (Å²) < 4.78 is 0. The Morgan fingerprint density at radius 3 is 2.15 bits per heavy atom. The van der Waals surface area contributed by atoms with Gasteiger partial charge in [0, 0.05) is 24.1 Å². The van der Waals surface area contributed by atoms with E-state index in [0.717, 1.165) is 23.8 Å². The molecule has 0 bridgehead atoms. The van der Waals surface area contributed by atoms with Crippen LogP contribution in [-0.2, 0) is 5.41 Å². The van der Waals surface area contributed by atoms with Gasteiger partial charge in [0.15, 0.2) is 0 Å². The van der Waals surface area contributed by atoms with Crippen LogP contribution in [0.2, 0.25) is 0 Å². The number of aliphatic hydroxyl groups excluding tert-OH is 2. The van der Waals surface area contributed by atoms with Gasteiger partial charge in [0.05, 0.1) is 12.7 Å². The molecule has 0 saturated heterocycles. The third kappa shape index (κ3) is 4.31. The van der Waals surface area contributed by atoms with E-state index in [1.165, 1.54) is 0 Å². The maximum Gasteiger partial charge on any atom is 0.138 e. The Bertz CT molecular complexity index is 444. The Morgan fingerprint density at radius 2 is 1.70 bits per heavy atom. The van der Waals surface area contributed by atoms with E-state index in [1.54, 1.807) is 0 Å². The molecular formula is C14H26N4O2. The van der Waals surface area contributed by atoms with Crippen LogP contribution in [0.4, 0.5) is 11.6 Å². The number of hydrogen-bond acceptors (Lipinski definition) is 6. The molecule has 0 amide bonds. The zero-order valence-electron chi connectivity index (χ0n) is 13.0. The topological polar surface area (TPSA) is 90.3 Å². The average Bonchev–Trinajstić information content (AvgIpc) is 2.38. The molecule has 4 N–H and O–H groups in total. The SMILES string of the molecule is CCNc1nc(C(C)(C)C)nc(NCC(O)CO)c1C. The van der Waals surface area contributed by atoms with E-state index in [0.29, 0.717) is 5.82 Å². The minimum absolute atomic E-state index is 0.163. The standard InChI is InChI=1S/C14H26N4O2/c1-6-15-11-9(2)12(16-7-10(20)8-19)18-13(17-11)14(3,4)5/h10,19-20H,6-8H2,1-5H3,(H2,15,16,17,18). The lowest BCUT2D eigenvalue weighted by atomic mass is 9.95. The monoisotopic (exact) mass is 282 g/mol. The number of aromatic nitrogens is 2. The van der Waals surface area contributed by atoms with Crippen LogP contribution < -0.4 is 10.6 Å². The fourth-order valence-electron chi connectivity index (χ4n) is 1.64. The van der Waals surface area contributed by atoms with Crippen molar-refractivity contribution >= 4 is 11.6 Å². The highest BCUT2D eigenvalue weighted by atomic mass is 16.3. The number of rotatable bonds is 6. The minimum Gasteiger partial charge on any atom is -0.394 e. The highest BCUT2D eigenvalue weighted by Gasteiger charge is 2.21. The van der Waals surface area contributed by atoms with Crippen LogP contribution in [0.25, 0.3) is 0 Å². The first-order valence-electron chi connectivity index (χ1n) is 6.95. The van der Waals surface area contributed by atoms with Gasteiger partial charge in [-0.25, -0.2) is 9.97 Å². The van der Waals surface area contributed by atoms with Crippen LogP contribution in [-0.4, -0.2) is 46.0 Å². The van der Waals surface area contributed by atoms with Crippen molar-refractivity contribution < 1.29 is 10.2 Å². The summed E-state index contributed by atoms with van der Waals surface area (Å²) in [5.74, 6) is 2.22. The summed E-state index contributed by atoms with van der Waals surface area (Å²) in [6, 6.07) is 0. The van der Waals surface area contributed by atoms with Crippen LogP contribution in [0.5, 0.6) is 0 Å². The van der Waals surface area contributed by atoms with Gasteiger partial charge in [-0.2, -0.15) is 0 Å². The lowest BCUT2D eigenvalue weighted by Crippen LogP contribution is -2.25. The molecule has 0 fully saturated rings. The van der Waals surface area contributed by atoms with E-state index >= 15 is 0 Å². The third-order valence-corrected chi connectivity index (χ3v) is 2.88. The van der Waals surface area contributed by atoms with Crippen LogP contribution in [0.1, 0.15) is 39.1 Å². The summed E-state index contributed by atoms with van der Waals surface area (Å²) >= 11 is 0. The second-order valence-corrected chi connectivity index (χ2v) is 5.87. The molecule has 0 aliphatic heterocycles. The van der Waals surface area contributed by atoms with E-state index < -0.39 is 6.10 Å². The van der Waals surface area contributed by atoms with Gasteiger partial charge in [-0.3, -0.25) is 0 Å². The largest absolute Gasteiger partial charge is 0.394 e. The predicted molar refractivity (Wildman–Crippen MR) is 81.2 cm³/mol. The van der Waals surface area contributed by atoms with E-state index in [9.17, 15) is 5.11 Å². The molecule has 6 nitrogen and oxygen atoms in total. The Hall–Kier alpha value is -1.40. The van der Waals surface area contributed by atoms with Crippen molar-refractivity contribution in [2.45, 2.75) is 46.1 Å². The van der Waals surface area contributed by atoms with Gasteiger partial charge in [-0.15, -0.1) is 0 Å². The molecule has 0 aliphatic carbocycles. The average molecular weight is 282 g/mol. The third-order valence-electron chi connectivity index (χ3n) is 2.88. The van der Waals surface area contributed by atoms with Crippen LogP contribution >= 0.6 is 0 Å². The van der Waals surface area contributed by atoms with Gasteiger partial charge < -0.3 is 20.8 Å². The summed E-state index contributed by atoms with van der Waals surface area (Å²) in [6.07, 6.45) is -0.801. The Morgan fingerprint density at radius 1 is 1.15 bits per heavy atom. The summed E-state index contributed by atoms with van der Waals surface area (Å²) in [7, 11) is 0. The first-order chi connectivity index (χ1) is 9.29. The second kappa shape index (κ2) is 6.85. The Labute approximate surface area is 120 Å². The van der Waals surface area contributed by atoms with Gasteiger partial charge in [0.25, 0.3) is 0 Å². The number of nitrogens with one attached hydrogen (secondary N) is 2. The number of aliphatic hydroxyl groups is 2. The molecule has 114 valence electrons. The smallest absolute Gasteiger partial charge is 0.138 e. The van der Waals surface area contributed by atoms with Crippen LogP contribution in [0.3, 0.4) is 0 Å². The minimum atomic E-state index is -0.801. The van der Waals surface area contributed by atoms with Crippen molar-refractivity contribution in [1.29, 1.82) is 0 Å². The molecule has 1 heterocycles. The van der Waals surface area contributed by atoms with E-state index in [1.807, 2.05) is 13.8 Å². The van der Waals surface area contributed by atoms with E-state index in [2.05, 4.69) is 41.4 Å². The molecule has 20 heavy (non-hydrogen) atoms. The highest BCUT2D eigenvalue weighted by molar-refractivity contribution is 5.57. The number of anilines is 2. The lowest BCUT2D eigenvalue weighted by Gasteiger charge is -2.21. The van der Waals surface area contributed by atoms with Crippen LogP contribution in [0, 0.1) is 6.92 Å². The first-order valence-corrected chi connectivity index (χ1v) is 6.95. The van der Waals surface area contributed by atoms with Gasteiger partial charge in [-0.1, -0.05) is 20.8 Å². The van der Waals surface area contributed by atoms with E-state index in [4.69, 9.17) is 5.11 Å². The lowest BCUT2D eigenvalue weighted by molar-refractivity contribution is 0.105. The molecule has 1 aromatic rings. The van der Waals surface area contributed by atoms with Gasteiger partial charge in [0.2, 0.25) is 0 Å². The normalized spacial score (nSPS) is 13.2. The zero-order valence-corrected chi connectivity index (χ0v) is 13.0. The fraction of sp³-hybridized carbons (Fsp3) is 0.714. The number of hydrogen-bond donors (Lipinski definition) is 4. The van der Waals surface area contributed by atoms with Crippen molar-refractivity contribution in [3.63, 3.8) is 0 Å². The summed E-state index contributed by atoms with van der Waals surface area (Å²) in [5.41, 5.74) is 0.745. The maximum absolute atomic E-state index is 9.44. The van der Waals surface area contributed by atoms with Crippen molar-refractivity contribution in [2.75, 3.05) is 30.3 Å². The van der Waals surface area contributed by atoms with Gasteiger partial charge >= 0.3 is 0 Å². The summed E-state index contributed by atoms with van der Waals surface area (Å²) in [6.45, 7) is 10.9. The first kappa shape index (κ1) is 16.7. The maximum atomic E-state index is 9.44. The molecule has 0 saturated carbocycles. The molecule has 0 spiro atoms. The van der Waals surface area contributed by atoms with Crippen molar-refractivity contribution in [1.82, 2.24) is 9.97 Å². The number of nitrogens with zero attached hydrogens (tertiary/aromatic N) is 2. The van der Waals surface area contributed by atoms with Crippen molar-refractivity contribution in [3.05, 3.63) is 11.4 Å². The molecule has 0 radical (unpaired) electrons. The fourth-order valence-corrected chi connectivity index (χ4v) is 1.64. The molecule has 1 aromatic heterocycles. The quantitative estimate of drug-likeness (QED) is 0.628. The Kier molecular flexibility index (Phi) is 5.71. The van der Waals surface area contributed by atoms with Crippen molar-refractivity contribution in [2.24, 2.45) is 0 Å². The highest BCUT2D eigenvalue weighted by Crippen LogP contribution is 2.26. The molecule has 1 unspecified atom stereocenters. The molecule has 1 atom stereocenters. The molecule has 0 aliphatic rings. The zero-order chi connectivity index (χ0) is 15.3. The molecule has 0 aromatic carbocycles. The summed E-state index contributed by atoms with van der Waals surface area (Å²) in [5, 5.41) is 24.6. The van der Waals surface area contributed by atoms with Gasteiger partial charge in [0.1, 0.15) is 17.5 Å².